The van der Waals surface area contributed by atoms with Gasteiger partial charge in [0.25, 0.3) is 0 Å². The first-order chi connectivity index (χ1) is 12.8. The van der Waals surface area contributed by atoms with Gasteiger partial charge in [-0.25, -0.2) is 4.98 Å². The minimum absolute atomic E-state index is 0.319. The van der Waals surface area contributed by atoms with Gasteiger partial charge in [0.2, 0.25) is 11.7 Å². The number of rotatable bonds is 4. The number of nitrogens with zero attached hydrogens (tertiary/aromatic N) is 4. The van der Waals surface area contributed by atoms with Gasteiger partial charge in [-0.15, -0.1) is 0 Å². The molecule has 7 heteroatoms. The van der Waals surface area contributed by atoms with Crippen molar-refractivity contribution >= 4 is 11.0 Å². The van der Waals surface area contributed by atoms with Gasteiger partial charge in [0.05, 0.1) is 30.2 Å². The highest BCUT2D eigenvalue weighted by molar-refractivity contribution is 5.79. The van der Waals surface area contributed by atoms with E-state index in [9.17, 15) is 0 Å². The number of hydrogen-bond acceptors (Lipinski definition) is 6. The lowest BCUT2D eigenvalue weighted by molar-refractivity contribution is 0.176. The van der Waals surface area contributed by atoms with Gasteiger partial charge < -0.3 is 13.9 Å². The molecule has 1 aromatic carbocycles. The summed E-state index contributed by atoms with van der Waals surface area (Å²) in [5, 5.41) is 4.18. The quantitative estimate of drug-likeness (QED) is 0.606. The molecule has 1 saturated heterocycles. The Morgan fingerprint density at radius 2 is 2.12 bits per heavy atom. The Kier molecular flexibility index (Phi) is 3.79. The maximum atomic E-state index is 5.57. The highest BCUT2D eigenvalue weighted by atomic mass is 16.5. The average molecular weight is 349 g/mol. The Labute approximate surface area is 150 Å². The summed E-state index contributed by atoms with van der Waals surface area (Å²) in [5.74, 6) is 2.70. The number of nitrogens with one attached hydrogen (secondary N) is 1. The van der Waals surface area contributed by atoms with E-state index in [0.29, 0.717) is 11.7 Å². The average Bonchev–Trinajstić information content (AvgIpc) is 3.43. The van der Waals surface area contributed by atoms with E-state index in [1.54, 1.807) is 12.6 Å². The predicted molar refractivity (Wildman–Crippen MR) is 95.3 cm³/mol. The molecule has 1 fully saturated rings. The van der Waals surface area contributed by atoms with Crippen LogP contribution in [-0.4, -0.2) is 38.1 Å². The van der Waals surface area contributed by atoms with E-state index in [-0.39, 0.29) is 0 Å². The highest BCUT2D eigenvalue weighted by Gasteiger charge is 2.25. The summed E-state index contributed by atoms with van der Waals surface area (Å²) >= 11 is 0. The molecule has 0 bridgehead atoms. The van der Waals surface area contributed by atoms with Gasteiger partial charge in [-0.1, -0.05) is 5.16 Å². The Morgan fingerprint density at radius 3 is 2.96 bits per heavy atom. The molecule has 0 radical (unpaired) electrons. The van der Waals surface area contributed by atoms with Crippen LogP contribution in [0.2, 0.25) is 0 Å². The molecule has 4 heterocycles. The SMILES string of the molecule is c1coc(CN2CCC(c3nc(-c4ccc5nc[nH]c5c4)no3)CC2)c1. The summed E-state index contributed by atoms with van der Waals surface area (Å²) in [4.78, 5) is 14.4. The van der Waals surface area contributed by atoms with Crippen LogP contribution < -0.4 is 0 Å². The molecular weight excluding hydrogens is 330 g/mol. The fourth-order valence-electron chi connectivity index (χ4n) is 3.55. The van der Waals surface area contributed by atoms with Crippen molar-refractivity contribution in [3.8, 4) is 11.4 Å². The number of benzene rings is 1. The minimum atomic E-state index is 0.319. The lowest BCUT2D eigenvalue weighted by Crippen LogP contribution is -2.32. The first-order valence-electron chi connectivity index (χ1n) is 8.87. The van der Waals surface area contributed by atoms with Crippen molar-refractivity contribution in [2.45, 2.75) is 25.3 Å². The molecule has 0 spiro atoms. The van der Waals surface area contributed by atoms with E-state index in [0.717, 1.165) is 60.7 Å². The highest BCUT2D eigenvalue weighted by Crippen LogP contribution is 2.29. The maximum absolute atomic E-state index is 5.57. The lowest BCUT2D eigenvalue weighted by atomic mass is 9.96. The van der Waals surface area contributed by atoms with E-state index in [2.05, 4.69) is 25.0 Å². The molecule has 0 atom stereocenters. The fraction of sp³-hybridized carbons (Fsp3) is 0.316. The van der Waals surface area contributed by atoms with Crippen LogP contribution in [0.15, 0.2) is 51.9 Å². The van der Waals surface area contributed by atoms with E-state index in [1.165, 1.54) is 0 Å². The molecular formula is C19H19N5O2. The summed E-state index contributed by atoms with van der Waals surface area (Å²) in [5.41, 5.74) is 2.84. The van der Waals surface area contributed by atoms with Crippen LogP contribution in [0.5, 0.6) is 0 Å². The predicted octanol–water partition coefficient (Wildman–Crippen LogP) is 3.59. The van der Waals surface area contributed by atoms with Crippen LogP contribution in [0, 0.1) is 0 Å². The standard InChI is InChI=1S/C19H19N5O2/c1-2-15(25-9-1)11-24-7-5-13(6-8-24)19-22-18(23-26-19)14-3-4-16-17(10-14)21-12-20-16/h1-4,9-10,12-13H,5-8,11H2,(H,20,21). The molecule has 0 amide bonds. The van der Waals surface area contributed by atoms with Crippen LogP contribution in [0.25, 0.3) is 22.4 Å². The molecule has 1 aliphatic rings. The fourth-order valence-corrected chi connectivity index (χ4v) is 3.55. The number of aromatic amines is 1. The van der Waals surface area contributed by atoms with Crippen LogP contribution in [0.4, 0.5) is 0 Å². The summed E-state index contributed by atoms with van der Waals surface area (Å²) in [6, 6.07) is 9.90. The van der Waals surface area contributed by atoms with Crippen molar-refractivity contribution in [3.63, 3.8) is 0 Å². The van der Waals surface area contributed by atoms with E-state index in [4.69, 9.17) is 8.94 Å². The van der Waals surface area contributed by atoms with Gasteiger partial charge in [0.1, 0.15) is 5.76 Å². The Morgan fingerprint density at radius 1 is 1.19 bits per heavy atom. The zero-order valence-electron chi connectivity index (χ0n) is 14.3. The van der Waals surface area contributed by atoms with Gasteiger partial charge in [0, 0.05) is 11.5 Å². The van der Waals surface area contributed by atoms with Gasteiger partial charge in [-0.2, -0.15) is 4.98 Å². The number of piperidine rings is 1. The first kappa shape index (κ1) is 15.3. The van der Waals surface area contributed by atoms with Gasteiger partial charge in [0.15, 0.2) is 0 Å². The molecule has 3 aromatic heterocycles. The van der Waals surface area contributed by atoms with Crippen molar-refractivity contribution in [1.29, 1.82) is 0 Å². The van der Waals surface area contributed by atoms with Gasteiger partial charge in [-0.3, -0.25) is 4.90 Å². The number of furan rings is 1. The van der Waals surface area contributed by atoms with Crippen molar-refractivity contribution in [2.75, 3.05) is 13.1 Å². The Balaban J connectivity index is 1.27. The third-order valence-electron chi connectivity index (χ3n) is 5.02. The topological polar surface area (TPSA) is 84.0 Å². The van der Waals surface area contributed by atoms with E-state index >= 15 is 0 Å². The third kappa shape index (κ3) is 2.90. The number of H-pyrrole nitrogens is 1. The minimum Gasteiger partial charge on any atom is -0.468 e. The van der Waals surface area contributed by atoms with Crippen molar-refractivity contribution in [3.05, 3.63) is 54.6 Å². The molecule has 26 heavy (non-hydrogen) atoms. The van der Waals surface area contributed by atoms with Crippen LogP contribution in [-0.2, 0) is 6.54 Å². The molecule has 4 aromatic rings. The lowest BCUT2D eigenvalue weighted by Gasteiger charge is -2.29. The largest absolute Gasteiger partial charge is 0.468 e. The molecule has 132 valence electrons. The zero-order valence-corrected chi connectivity index (χ0v) is 14.3. The maximum Gasteiger partial charge on any atom is 0.230 e. The summed E-state index contributed by atoms with van der Waals surface area (Å²) < 4.78 is 11.0. The Hall–Kier alpha value is -2.93. The second kappa shape index (κ2) is 6.42. The summed E-state index contributed by atoms with van der Waals surface area (Å²) in [7, 11) is 0. The van der Waals surface area contributed by atoms with Gasteiger partial charge >= 0.3 is 0 Å². The van der Waals surface area contributed by atoms with Crippen molar-refractivity contribution in [1.82, 2.24) is 25.0 Å². The molecule has 1 N–H and O–H groups in total. The molecule has 5 rings (SSSR count). The summed E-state index contributed by atoms with van der Waals surface area (Å²) in [6.07, 6.45) is 5.44. The van der Waals surface area contributed by atoms with Gasteiger partial charge in [-0.05, 0) is 56.3 Å². The zero-order chi connectivity index (χ0) is 17.3. The number of aromatic nitrogens is 4. The van der Waals surface area contributed by atoms with Crippen molar-refractivity contribution in [2.24, 2.45) is 0 Å². The molecule has 0 unspecified atom stereocenters. The summed E-state index contributed by atoms with van der Waals surface area (Å²) in [6.45, 7) is 2.87. The number of fused-ring (bicyclic) bond motifs is 1. The van der Waals surface area contributed by atoms with E-state index < -0.39 is 0 Å². The van der Waals surface area contributed by atoms with Crippen molar-refractivity contribution < 1.29 is 8.94 Å². The molecule has 7 nitrogen and oxygen atoms in total. The molecule has 0 aliphatic carbocycles. The van der Waals surface area contributed by atoms with Crippen LogP contribution >= 0.6 is 0 Å². The number of likely N-dealkylation sites (tertiary alicyclic amines) is 1. The Bertz CT molecular complexity index is 996. The third-order valence-corrected chi connectivity index (χ3v) is 5.02. The molecule has 0 saturated carbocycles. The normalized spacial score (nSPS) is 16.5. The molecule has 1 aliphatic heterocycles. The van der Waals surface area contributed by atoms with Crippen LogP contribution in [0.1, 0.15) is 30.4 Å². The number of imidazole rings is 1. The van der Waals surface area contributed by atoms with E-state index in [1.807, 2.05) is 30.3 Å². The smallest absolute Gasteiger partial charge is 0.230 e. The van der Waals surface area contributed by atoms with Crippen LogP contribution in [0.3, 0.4) is 0 Å². The number of hydrogen-bond donors (Lipinski definition) is 1. The second-order valence-corrected chi connectivity index (χ2v) is 6.72. The first-order valence-corrected chi connectivity index (χ1v) is 8.87. The monoisotopic (exact) mass is 349 g/mol. The second-order valence-electron chi connectivity index (χ2n) is 6.72.